The summed E-state index contributed by atoms with van der Waals surface area (Å²) in [5, 5.41) is 9.10. The van der Waals surface area contributed by atoms with Crippen molar-refractivity contribution in [1.82, 2.24) is 9.80 Å². The Morgan fingerprint density at radius 3 is 2.63 bits per heavy atom. The van der Waals surface area contributed by atoms with Gasteiger partial charge in [0.1, 0.15) is 6.04 Å². The Morgan fingerprint density at radius 2 is 2.11 bits per heavy atom. The highest BCUT2D eigenvalue weighted by Gasteiger charge is 2.43. The van der Waals surface area contributed by atoms with Gasteiger partial charge in [-0.05, 0) is 20.3 Å². The molecular formula is C12H20N2O4S. The van der Waals surface area contributed by atoms with E-state index in [0.29, 0.717) is 12.4 Å². The molecule has 0 radical (unpaired) electrons. The molecule has 108 valence electrons. The molecule has 0 aliphatic carbocycles. The zero-order valence-electron chi connectivity index (χ0n) is 11.4. The smallest absolute Gasteiger partial charge is 0.327 e. The van der Waals surface area contributed by atoms with Crippen LogP contribution in [0.15, 0.2) is 0 Å². The van der Waals surface area contributed by atoms with Gasteiger partial charge in [-0.3, -0.25) is 4.90 Å². The lowest BCUT2D eigenvalue weighted by atomic mass is 10.1. The van der Waals surface area contributed by atoms with Crippen LogP contribution in [0.25, 0.3) is 0 Å². The summed E-state index contributed by atoms with van der Waals surface area (Å²) in [6, 6.07) is -0.917. The maximum atomic E-state index is 12.5. The van der Waals surface area contributed by atoms with E-state index in [9.17, 15) is 14.7 Å². The maximum Gasteiger partial charge on any atom is 0.327 e. The molecule has 0 aromatic rings. The van der Waals surface area contributed by atoms with Gasteiger partial charge in [-0.25, -0.2) is 9.59 Å². The largest absolute Gasteiger partial charge is 0.480 e. The highest BCUT2D eigenvalue weighted by molar-refractivity contribution is 8.00. The van der Waals surface area contributed by atoms with Gasteiger partial charge in [0, 0.05) is 19.4 Å². The minimum atomic E-state index is -0.936. The molecule has 1 N–H and O–H groups in total. The lowest BCUT2D eigenvalue weighted by Crippen LogP contribution is -2.53. The van der Waals surface area contributed by atoms with Gasteiger partial charge in [0.2, 0.25) is 0 Å². The number of hydrogen-bond acceptors (Lipinski definition) is 4. The van der Waals surface area contributed by atoms with Crippen LogP contribution in [0.4, 0.5) is 4.79 Å². The van der Waals surface area contributed by atoms with Crippen LogP contribution < -0.4 is 0 Å². The molecule has 2 fully saturated rings. The number of carboxylic acids is 1. The van der Waals surface area contributed by atoms with Gasteiger partial charge in [-0.2, -0.15) is 0 Å². The van der Waals surface area contributed by atoms with Gasteiger partial charge >= 0.3 is 12.0 Å². The molecule has 2 saturated heterocycles. The molecule has 0 spiro atoms. The van der Waals surface area contributed by atoms with E-state index in [0.717, 1.165) is 6.42 Å². The summed E-state index contributed by atoms with van der Waals surface area (Å²) in [5.41, 5.74) is 0. The van der Waals surface area contributed by atoms with Crippen molar-refractivity contribution in [2.75, 3.05) is 19.4 Å². The molecule has 6 nitrogen and oxygen atoms in total. The number of carbonyl (C=O) groups excluding carboxylic acids is 1. The number of amides is 2. The summed E-state index contributed by atoms with van der Waals surface area (Å²) in [7, 11) is 1.73. The molecule has 0 saturated carbocycles. The van der Waals surface area contributed by atoms with Gasteiger partial charge in [0.15, 0.2) is 0 Å². The van der Waals surface area contributed by atoms with Crippen molar-refractivity contribution in [2.24, 2.45) is 0 Å². The quantitative estimate of drug-likeness (QED) is 0.823. The molecule has 7 heteroatoms. The summed E-state index contributed by atoms with van der Waals surface area (Å²) in [6.07, 6.45) is 0.805. The number of rotatable bonds is 2. The van der Waals surface area contributed by atoms with Crippen LogP contribution >= 0.6 is 11.8 Å². The van der Waals surface area contributed by atoms with Crippen molar-refractivity contribution in [3.05, 3.63) is 0 Å². The predicted octanol–water partition coefficient (Wildman–Crippen LogP) is 1.06. The van der Waals surface area contributed by atoms with Crippen LogP contribution in [0.3, 0.4) is 0 Å². The third kappa shape index (κ3) is 2.67. The Labute approximate surface area is 117 Å². The van der Waals surface area contributed by atoms with Crippen LogP contribution in [-0.4, -0.2) is 69.9 Å². The Hall–Kier alpha value is -0.950. The summed E-state index contributed by atoms with van der Waals surface area (Å²) in [4.78, 5) is 26.8. The summed E-state index contributed by atoms with van der Waals surface area (Å²) in [6.45, 7) is 4.46. The second kappa shape index (κ2) is 5.58. The Bertz CT molecular complexity index is 379. The Morgan fingerprint density at radius 1 is 1.42 bits per heavy atom. The van der Waals surface area contributed by atoms with Gasteiger partial charge in [-0.1, -0.05) is 0 Å². The molecule has 0 aromatic carbocycles. The molecule has 2 aliphatic rings. The third-order valence-corrected chi connectivity index (χ3v) is 5.08. The molecule has 2 rings (SSSR count). The number of urea groups is 1. The van der Waals surface area contributed by atoms with Crippen LogP contribution in [0.5, 0.6) is 0 Å². The molecule has 19 heavy (non-hydrogen) atoms. The van der Waals surface area contributed by atoms with E-state index >= 15 is 0 Å². The fourth-order valence-corrected chi connectivity index (χ4v) is 3.84. The molecule has 2 heterocycles. The lowest BCUT2D eigenvalue weighted by Gasteiger charge is -2.34. The van der Waals surface area contributed by atoms with Crippen LogP contribution in [-0.2, 0) is 9.53 Å². The molecular weight excluding hydrogens is 268 g/mol. The fourth-order valence-electron chi connectivity index (χ4n) is 2.68. The third-order valence-electron chi connectivity index (χ3n) is 3.86. The van der Waals surface area contributed by atoms with Gasteiger partial charge in [0.25, 0.3) is 0 Å². The molecule has 2 amide bonds. The van der Waals surface area contributed by atoms with Crippen molar-refractivity contribution >= 4 is 23.8 Å². The van der Waals surface area contributed by atoms with Crippen molar-refractivity contribution < 1.29 is 19.4 Å². The van der Waals surface area contributed by atoms with Gasteiger partial charge in [0.05, 0.1) is 17.5 Å². The number of hydrogen-bond donors (Lipinski definition) is 1. The molecule has 4 atom stereocenters. The lowest BCUT2D eigenvalue weighted by molar-refractivity contribution is -0.141. The number of ether oxygens (including phenoxy) is 1. The van der Waals surface area contributed by atoms with E-state index in [1.807, 2.05) is 13.8 Å². The van der Waals surface area contributed by atoms with E-state index in [-0.39, 0.29) is 23.6 Å². The first-order chi connectivity index (χ1) is 8.93. The van der Waals surface area contributed by atoms with E-state index in [1.165, 1.54) is 16.7 Å². The number of nitrogens with zero attached hydrogens (tertiary/aromatic N) is 2. The first kappa shape index (κ1) is 14.5. The predicted molar refractivity (Wildman–Crippen MR) is 72.2 cm³/mol. The highest BCUT2D eigenvalue weighted by atomic mass is 32.2. The standard InChI is InChI=1S/C12H20N2O4S/c1-7-9(4-5-18-7)13(3)12(17)14-8(2)19-6-10(14)11(15)16/h7-10H,4-6H2,1-3H3,(H,15,16). The highest BCUT2D eigenvalue weighted by Crippen LogP contribution is 2.31. The van der Waals surface area contributed by atoms with Crippen molar-refractivity contribution in [2.45, 2.75) is 43.8 Å². The summed E-state index contributed by atoms with van der Waals surface area (Å²) < 4.78 is 5.47. The molecule has 2 aliphatic heterocycles. The van der Waals surface area contributed by atoms with Crippen LogP contribution in [0.1, 0.15) is 20.3 Å². The van der Waals surface area contributed by atoms with Crippen molar-refractivity contribution in [3.8, 4) is 0 Å². The molecule has 4 unspecified atom stereocenters. The minimum absolute atomic E-state index is 0.00258. The maximum absolute atomic E-state index is 12.5. The second-order valence-electron chi connectivity index (χ2n) is 5.02. The summed E-state index contributed by atoms with van der Waals surface area (Å²) in [5.74, 6) is -0.485. The number of carbonyl (C=O) groups is 2. The van der Waals surface area contributed by atoms with Crippen LogP contribution in [0.2, 0.25) is 0 Å². The Balaban J connectivity index is 2.11. The number of aliphatic carboxylic acids is 1. The second-order valence-corrected chi connectivity index (χ2v) is 6.37. The van der Waals surface area contributed by atoms with Crippen LogP contribution in [0, 0.1) is 0 Å². The summed E-state index contributed by atoms with van der Waals surface area (Å²) >= 11 is 1.50. The zero-order chi connectivity index (χ0) is 14.2. The normalized spacial score (nSPS) is 34.6. The van der Waals surface area contributed by atoms with E-state index in [4.69, 9.17) is 4.74 Å². The SMILES string of the molecule is CC1OCCC1N(C)C(=O)N1C(C)SCC1C(=O)O. The average molecular weight is 288 g/mol. The number of thioether (sulfide) groups is 1. The first-order valence-corrected chi connectivity index (χ1v) is 7.49. The first-order valence-electron chi connectivity index (χ1n) is 6.44. The fraction of sp³-hybridized carbons (Fsp3) is 0.833. The molecule has 0 aromatic heterocycles. The van der Waals surface area contributed by atoms with E-state index in [1.54, 1.807) is 11.9 Å². The minimum Gasteiger partial charge on any atom is -0.480 e. The van der Waals surface area contributed by atoms with Crippen molar-refractivity contribution in [1.29, 1.82) is 0 Å². The number of likely N-dealkylation sites (N-methyl/N-ethyl adjacent to an activating group) is 1. The van der Waals surface area contributed by atoms with Crippen molar-refractivity contribution in [3.63, 3.8) is 0 Å². The van der Waals surface area contributed by atoms with Gasteiger partial charge < -0.3 is 14.7 Å². The zero-order valence-corrected chi connectivity index (χ0v) is 12.2. The topological polar surface area (TPSA) is 70.1 Å². The average Bonchev–Trinajstić information content (AvgIpc) is 2.93. The monoisotopic (exact) mass is 288 g/mol. The molecule has 0 bridgehead atoms. The number of carboxylic acid groups (broad SMARTS) is 1. The van der Waals surface area contributed by atoms with E-state index in [2.05, 4.69) is 0 Å². The Kier molecular flexibility index (Phi) is 4.25. The van der Waals surface area contributed by atoms with E-state index < -0.39 is 12.0 Å². The van der Waals surface area contributed by atoms with Gasteiger partial charge in [-0.15, -0.1) is 11.8 Å².